The Hall–Kier alpha value is -3.94. The molecule has 42 heavy (non-hydrogen) atoms. The van der Waals surface area contributed by atoms with E-state index < -0.39 is 59.4 Å². The molecule has 0 saturated heterocycles. The van der Waals surface area contributed by atoms with Crippen LogP contribution in [0, 0.1) is 23.7 Å². The number of ether oxygens (including phenoxy) is 4. The van der Waals surface area contributed by atoms with Crippen LogP contribution in [0.15, 0.2) is 71.8 Å². The number of benzene rings is 2. The Kier molecular flexibility index (Phi) is 10.6. The number of rotatable bonds is 10. The molecule has 0 bridgehead atoms. The second-order valence-corrected chi connectivity index (χ2v) is 10.5. The number of carbonyl (C=O) groups is 4. The second kappa shape index (κ2) is 14.3. The van der Waals surface area contributed by atoms with Crippen LogP contribution in [-0.4, -0.2) is 50.3 Å². The average molecular weight is 577 g/mol. The van der Waals surface area contributed by atoms with E-state index in [9.17, 15) is 19.2 Å². The van der Waals surface area contributed by atoms with Gasteiger partial charge in [-0.25, -0.2) is 0 Å². The first-order valence-electron chi connectivity index (χ1n) is 14.9. The van der Waals surface area contributed by atoms with Gasteiger partial charge in [-0.1, -0.05) is 71.8 Å². The molecule has 0 saturated carbocycles. The first-order chi connectivity index (χ1) is 20.4. The van der Waals surface area contributed by atoms with E-state index in [-0.39, 0.29) is 39.3 Å². The Morgan fingerprint density at radius 3 is 1.14 bits per heavy atom. The molecule has 2 aromatic rings. The zero-order chi connectivity index (χ0) is 30.2. The molecule has 224 valence electrons. The van der Waals surface area contributed by atoms with Gasteiger partial charge in [0.2, 0.25) is 0 Å². The van der Waals surface area contributed by atoms with E-state index in [1.807, 2.05) is 60.7 Å². The Bertz CT molecular complexity index is 1190. The molecular formula is C34H40O8. The third-order valence-corrected chi connectivity index (χ3v) is 8.25. The van der Waals surface area contributed by atoms with Crippen molar-refractivity contribution in [1.29, 1.82) is 0 Å². The lowest BCUT2D eigenvalue weighted by molar-refractivity contribution is -0.164. The summed E-state index contributed by atoms with van der Waals surface area (Å²) in [6, 6.07) is 19.0. The molecule has 0 spiro atoms. The average Bonchev–Trinajstić information content (AvgIpc) is 3.00. The summed E-state index contributed by atoms with van der Waals surface area (Å²) in [6.07, 6.45) is 0.373. The molecule has 2 aliphatic rings. The molecule has 0 fully saturated rings. The molecule has 6 atom stereocenters. The lowest BCUT2D eigenvalue weighted by atomic mass is 9.55. The van der Waals surface area contributed by atoms with Crippen molar-refractivity contribution in [3.63, 3.8) is 0 Å². The fourth-order valence-corrected chi connectivity index (χ4v) is 6.70. The van der Waals surface area contributed by atoms with E-state index in [0.717, 1.165) is 22.3 Å². The van der Waals surface area contributed by atoms with E-state index in [1.165, 1.54) is 0 Å². The van der Waals surface area contributed by atoms with Crippen LogP contribution in [-0.2, 0) is 38.1 Å². The predicted octanol–water partition coefficient (Wildman–Crippen LogP) is 5.38. The minimum atomic E-state index is -0.919. The molecule has 2 aromatic carbocycles. The SMILES string of the molecule is CCOC(=O)[C@@H]1[C@H](C(=O)OCC)[C@H](c2ccccc2)C2=C(C[C@@H](C(=O)OCC)[C@@H](C(=O)OCC)C2)[C@@H]1c1ccccc1. The van der Waals surface area contributed by atoms with Gasteiger partial charge in [0.05, 0.1) is 50.1 Å². The highest BCUT2D eigenvalue weighted by molar-refractivity contribution is 5.88. The third-order valence-electron chi connectivity index (χ3n) is 8.25. The van der Waals surface area contributed by atoms with Gasteiger partial charge in [0, 0.05) is 11.8 Å². The maximum Gasteiger partial charge on any atom is 0.310 e. The molecule has 4 rings (SSSR count). The number of esters is 4. The van der Waals surface area contributed by atoms with Crippen LogP contribution < -0.4 is 0 Å². The number of hydrogen-bond acceptors (Lipinski definition) is 8. The second-order valence-electron chi connectivity index (χ2n) is 10.5. The normalized spacial score (nSPS) is 25.1. The molecule has 0 radical (unpaired) electrons. The lowest BCUT2D eigenvalue weighted by Gasteiger charge is -2.47. The van der Waals surface area contributed by atoms with E-state index >= 15 is 0 Å². The van der Waals surface area contributed by atoms with Gasteiger partial charge in [-0.15, -0.1) is 0 Å². The molecule has 0 aromatic heterocycles. The molecule has 0 heterocycles. The highest BCUT2D eigenvalue weighted by Gasteiger charge is 2.56. The first-order valence-corrected chi connectivity index (χ1v) is 14.9. The zero-order valence-electron chi connectivity index (χ0n) is 24.7. The van der Waals surface area contributed by atoms with E-state index in [1.54, 1.807) is 27.7 Å². The van der Waals surface area contributed by atoms with Gasteiger partial charge in [-0.2, -0.15) is 0 Å². The molecule has 8 nitrogen and oxygen atoms in total. The van der Waals surface area contributed by atoms with Crippen LogP contribution in [0.2, 0.25) is 0 Å². The number of hydrogen-bond donors (Lipinski definition) is 0. The highest BCUT2D eigenvalue weighted by atomic mass is 16.5. The minimum absolute atomic E-state index is 0.144. The summed E-state index contributed by atoms with van der Waals surface area (Å²) in [5.74, 6) is -6.55. The van der Waals surface area contributed by atoms with Crippen molar-refractivity contribution in [1.82, 2.24) is 0 Å². The molecular weight excluding hydrogens is 536 g/mol. The maximum atomic E-state index is 13.9. The van der Waals surface area contributed by atoms with Gasteiger partial charge in [0.25, 0.3) is 0 Å². The summed E-state index contributed by atoms with van der Waals surface area (Å²) in [5, 5.41) is 0. The minimum Gasteiger partial charge on any atom is -0.466 e. The van der Waals surface area contributed by atoms with E-state index in [2.05, 4.69) is 0 Å². The molecule has 8 heteroatoms. The quantitative estimate of drug-likeness (QED) is 0.211. The first kappa shape index (κ1) is 31.0. The van der Waals surface area contributed by atoms with Crippen LogP contribution >= 0.6 is 0 Å². The fourth-order valence-electron chi connectivity index (χ4n) is 6.70. The zero-order valence-corrected chi connectivity index (χ0v) is 24.7. The van der Waals surface area contributed by atoms with Crippen molar-refractivity contribution < 1.29 is 38.1 Å². The smallest absolute Gasteiger partial charge is 0.310 e. The van der Waals surface area contributed by atoms with Crippen LogP contribution in [0.1, 0.15) is 63.5 Å². The summed E-state index contributed by atoms with van der Waals surface area (Å²) < 4.78 is 22.1. The van der Waals surface area contributed by atoms with Crippen LogP contribution in [0.3, 0.4) is 0 Å². The van der Waals surface area contributed by atoms with Crippen LogP contribution in [0.4, 0.5) is 0 Å². The highest BCUT2D eigenvalue weighted by Crippen LogP contribution is 2.58. The number of allylic oxidation sites excluding steroid dienone is 2. The van der Waals surface area contributed by atoms with Crippen molar-refractivity contribution in [2.24, 2.45) is 23.7 Å². The van der Waals surface area contributed by atoms with Crippen molar-refractivity contribution in [2.45, 2.75) is 52.4 Å². The largest absolute Gasteiger partial charge is 0.466 e. The Morgan fingerprint density at radius 1 is 0.524 bits per heavy atom. The standard InChI is InChI=1S/C34H40O8/c1-5-39-31(35)25-19-23-24(20-26(25)32(36)40-6-2)28(22-17-13-10-14-18-22)30(34(38)42-8-4)29(33(37)41-7-3)27(23)21-15-11-9-12-16-21/h9-18,25-30H,5-8,19-20H2,1-4H3/t25-,26+,27+,28-,29+,30-. The monoisotopic (exact) mass is 576 g/mol. The van der Waals surface area contributed by atoms with Gasteiger partial charge in [0.1, 0.15) is 0 Å². The van der Waals surface area contributed by atoms with Crippen LogP contribution in [0.25, 0.3) is 0 Å². The molecule has 0 aliphatic heterocycles. The Labute approximate surface area is 247 Å². The summed E-state index contributed by atoms with van der Waals surface area (Å²) in [5.41, 5.74) is 3.35. The van der Waals surface area contributed by atoms with Gasteiger partial charge in [-0.3, -0.25) is 19.2 Å². The number of carbonyl (C=O) groups excluding carboxylic acids is 4. The van der Waals surface area contributed by atoms with E-state index in [4.69, 9.17) is 18.9 Å². The molecule has 0 unspecified atom stereocenters. The van der Waals surface area contributed by atoms with Gasteiger partial charge < -0.3 is 18.9 Å². The van der Waals surface area contributed by atoms with Crippen molar-refractivity contribution in [2.75, 3.05) is 26.4 Å². The van der Waals surface area contributed by atoms with Gasteiger partial charge >= 0.3 is 23.9 Å². The Balaban J connectivity index is 2.03. The molecule has 2 aliphatic carbocycles. The maximum absolute atomic E-state index is 13.9. The summed E-state index contributed by atoms with van der Waals surface area (Å²) >= 11 is 0. The van der Waals surface area contributed by atoms with Crippen molar-refractivity contribution >= 4 is 23.9 Å². The van der Waals surface area contributed by atoms with Gasteiger partial charge in [0.15, 0.2) is 0 Å². The van der Waals surface area contributed by atoms with Crippen LogP contribution in [0.5, 0.6) is 0 Å². The molecule has 0 N–H and O–H groups in total. The predicted molar refractivity (Wildman–Crippen MR) is 155 cm³/mol. The summed E-state index contributed by atoms with van der Waals surface area (Å²) in [6.45, 7) is 7.55. The van der Waals surface area contributed by atoms with Crippen molar-refractivity contribution in [3.8, 4) is 0 Å². The summed E-state index contributed by atoms with van der Waals surface area (Å²) in [4.78, 5) is 54.5. The third kappa shape index (κ3) is 6.27. The Morgan fingerprint density at radius 2 is 0.833 bits per heavy atom. The van der Waals surface area contributed by atoms with Crippen molar-refractivity contribution in [3.05, 3.63) is 82.9 Å². The lowest BCUT2D eigenvalue weighted by Crippen LogP contribution is -2.48. The fraction of sp³-hybridized carbons (Fsp3) is 0.471. The topological polar surface area (TPSA) is 105 Å². The van der Waals surface area contributed by atoms with E-state index in [0.29, 0.717) is 0 Å². The summed E-state index contributed by atoms with van der Waals surface area (Å²) in [7, 11) is 0. The molecule has 0 amide bonds. The van der Waals surface area contributed by atoms with Gasteiger partial charge in [-0.05, 0) is 51.7 Å².